The number of imidazole rings is 1. The van der Waals surface area contributed by atoms with Gasteiger partial charge in [-0.3, -0.25) is 40.2 Å². The fraction of sp³-hybridized carbons (Fsp3) is 0.0500. The molecule has 0 unspecified atom stereocenters. The molecule has 0 amide bonds. The number of aromatic nitrogens is 14. The van der Waals surface area contributed by atoms with Crippen LogP contribution in [0.2, 0.25) is 5.02 Å². The molecule has 8 N–H and O–H groups in total. The van der Waals surface area contributed by atoms with Crippen LogP contribution in [0, 0.1) is 31.6 Å². The molecule has 0 radical (unpaired) electrons. The highest BCUT2D eigenvalue weighted by Crippen LogP contribution is 2.25. The lowest BCUT2D eigenvalue weighted by Gasteiger charge is -2.06. The van der Waals surface area contributed by atoms with E-state index in [4.69, 9.17) is 33.4 Å². The van der Waals surface area contributed by atoms with E-state index >= 15 is 0 Å². The number of hydrogen-bond donors (Lipinski definition) is 6. The molecule has 28 heteroatoms. The second kappa shape index (κ2) is 29.3. The minimum absolute atomic E-state index is 0.0962. The normalized spacial score (nSPS) is 9.28. The predicted molar refractivity (Wildman–Crippen MR) is 249 cm³/mol. The molecule has 346 valence electrons. The van der Waals surface area contributed by atoms with Crippen LogP contribution in [0.25, 0.3) is 16.9 Å². The van der Waals surface area contributed by atoms with Crippen LogP contribution in [0.3, 0.4) is 0 Å². The molecular weight excluding hydrogens is 906 g/mol. The number of fused-ring (bicyclic) bond motifs is 1. The Kier molecular flexibility index (Phi) is 22.5. The molecule has 0 spiro atoms. The molecule has 0 atom stereocenters. The maximum Gasteiger partial charge on any atom is 0.332 e. The Hall–Kier alpha value is -10.1. The zero-order chi connectivity index (χ0) is 49.5. The van der Waals surface area contributed by atoms with Crippen molar-refractivity contribution in [3.8, 4) is 11.9 Å². The average Bonchev–Trinajstić information content (AvgIpc) is 3.71. The average molecular weight is 944 g/mol. The van der Waals surface area contributed by atoms with Gasteiger partial charge in [0.15, 0.2) is 0 Å². The SMILES string of the molecule is CC#N.CO.Nc1ccncn1.Nc1cnccc1Nc1ccncn1.O=[N+]([O-])c1cnccc1Cl.O=[N+]([O-])c1cnccc1Nc1ccncn1.O=c1[nH]c2cnccc2n1-c1ccncn1. The van der Waals surface area contributed by atoms with E-state index in [0.717, 1.165) is 24.5 Å². The Labute approximate surface area is 389 Å². The van der Waals surface area contributed by atoms with E-state index in [9.17, 15) is 25.0 Å². The maximum atomic E-state index is 11.8. The summed E-state index contributed by atoms with van der Waals surface area (Å²) in [5.74, 6) is 2.25. The number of anilines is 6. The molecule has 9 rings (SSSR count). The van der Waals surface area contributed by atoms with Gasteiger partial charge in [0.1, 0.15) is 71.7 Å². The van der Waals surface area contributed by atoms with Crippen molar-refractivity contribution in [3.63, 3.8) is 0 Å². The van der Waals surface area contributed by atoms with Crippen molar-refractivity contribution in [1.29, 1.82) is 5.26 Å². The lowest BCUT2D eigenvalue weighted by molar-refractivity contribution is -0.385. The van der Waals surface area contributed by atoms with E-state index < -0.39 is 9.85 Å². The topological polar surface area (TPSA) is 399 Å². The maximum absolute atomic E-state index is 11.8. The highest BCUT2D eigenvalue weighted by Gasteiger charge is 2.13. The Morgan fingerprint density at radius 2 is 1.12 bits per heavy atom. The highest BCUT2D eigenvalue weighted by molar-refractivity contribution is 6.32. The molecule has 0 aliphatic heterocycles. The number of aromatic amines is 1. The van der Waals surface area contributed by atoms with Gasteiger partial charge in [0.2, 0.25) is 0 Å². The zero-order valence-electron chi connectivity index (χ0n) is 35.5. The quantitative estimate of drug-likeness (QED) is 0.0897. The number of aliphatic hydroxyl groups is 1. The number of nitrogens with one attached hydrogen (secondary N) is 3. The first kappa shape index (κ1) is 52.3. The molecule has 9 aromatic heterocycles. The number of nitrogens with two attached hydrogens (primary N) is 2. The second-order valence-corrected chi connectivity index (χ2v) is 12.1. The Bertz CT molecular complexity index is 2990. The van der Waals surface area contributed by atoms with Crippen molar-refractivity contribution >= 4 is 68.5 Å². The third-order valence-corrected chi connectivity index (χ3v) is 7.69. The fourth-order valence-electron chi connectivity index (χ4n) is 4.57. The first-order chi connectivity index (χ1) is 33.0. The minimum Gasteiger partial charge on any atom is -0.400 e. The van der Waals surface area contributed by atoms with Crippen molar-refractivity contribution in [2.45, 2.75) is 6.92 Å². The summed E-state index contributed by atoms with van der Waals surface area (Å²) in [6, 6.07) is 14.9. The summed E-state index contributed by atoms with van der Waals surface area (Å²) in [7, 11) is 1.00. The highest BCUT2D eigenvalue weighted by atomic mass is 35.5. The summed E-state index contributed by atoms with van der Waals surface area (Å²) in [6.45, 7) is 1.43. The molecule has 0 bridgehead atoms. The first-order valence-electron chi connectivity index (χ1n) is 18.7. The van der Waals surface area contributed by atoms with Crippen molar-refractivity contribution < 1.29 is 15.0 Å². The summed E-state index contributed by atoms with van der Waals surface area (Å²) < 4.78 is 1.48. The Morgan fingerprint density at radius 1 is 0.647 bits per heavy atom. The molecule has 9 aromatic rings. The summed E-state index contributed by atoms with van der Waals surface area (Å²) in [5.41, 5.74) is 13.6. The summed E-state index contributed by atoms with van der Waals surface area (Å²) in [4.78, 5) is 79.9. The number of halogens is 1. The van der Waals surface area contributed by atoms with Crippen molar-refractivity contribution in [2.24, 2.45) is 0 Å². The third-order valence-electron chi connectivity index (χ3n) is 7.37. The molecule has 0 aromatic carbocycles. The molecule has 27 nitrogen and oxygen atoms in total. The van der Waals surface area contributed by atoms with Gasteiger partial charge >= 0.3 is 17.1 Å². The van der Waals surface area contributed by atoms with E-state index in [-0.39, 0.29) is 22.1 Å². The van der Waals surface area contributed by atoms with Gasteiger partial charge in [-0.2, -0.15) is 5.26 Å². The molecule has 9 heterocycles. The summed E-state index contributed by atoms with van der Waals surface area (Å²) in [6.07, 6.45) is 23.7. The smallest absolute Gasteiger partial charge is 0.332 e. The van der Waals surface area contributed by atoms with E-state index in [0.29, 0.717) is 40.2 Å². The van der Waals surface area contributed by atoms with E-state index in [1.807, 2.05) is 0 Å². The predicted octanol–water partition coefficient (Wildman–Crippen LogP) is 5.06. The number of nitrogens with zero attached hydrogens (tertiary/aromatic N) is 16. The van der Waals surface area contributed by atoms with Gasteiger partial charge in [0.25, 0.3) is 0 Å². The monoisotopic (exact) mass is 943 g/mol. The van der Waals surface area contributed by atoms with Crippen LogP contribution in [0.1, 0.15) is 6.92 Å². The van der Waals surface area contributed by atoms with Crippen LogP contribution >= 0.6 is 11.6 Å². The van der Waals surface area contributed by atoms with Gasteiger partial charge < -0.3 is 32.2 Å². The van der Waals surface area contributed by atoms with Gasteiger partial charge in [-0.05, 0) is 48.5 Å². The third kappa shape index (κ3) is 17.6. The summed E-state index contributed by atoms with van der Waals surface area (Å²) in [5, 5.41) is 41.1. The second-order valence-electron chi connectivity index (χ2n) is 11.7. The van der Waals surface area contributed by atoms with Gasteiger partial charge in [-0.1, -0.05) is 11.6 Å². The number of nitro groups is 2. The molecule has 0 saturated heterocycles. The zero-order valence-corrected chi connectivity index (χ0v) is 36.3. The van der Waals surface area contributed by atoms with E-state index in [2.05, 4.69) is 75.4 Å². The lowest BCUT2D eigenvalue weighted by atomic mass is 10.3. The van der Waals surface area contributed by atoms with Crippen LogP contribution in [0.4, 0.5) is 45.9 Å². The number of nitrogen functional groups attached to an aromatic ring is 2. The van der Waals surface area contributed by atoms with Crippen LogP contribution in [-0.2, 0) is 0 Å². The Morgan fingerprint density at radius 3 is 1.59 bits per heavy atom. The van der Waals surface area contributed by atoms with Crippen LogP contribution in [-0.4, -0.2) is 91.4 Å². The van der Waals surface area contributed by atoms with Crippen molar-refractivity contribution in [1.82, 2.24) is 69.4 Å². The lowest BCUT2D eigenvalue weighted by Crippen LogP contribution is -2.15. The minimum atomic E-state index is -0.574. The Balaban J connectivity index is 0.000000225. The molecule has 0 aliphatic rings. The van der Waals surface area contributed by atoms with Gasteiger partial charge in [0.05, 0.1) is 50.7 Å². The number of rotatable bonds is 7. The number of aliphatic hydroxyl groups excluding tert-OH is 1. The molecule has 0 fully saturated rings. The van der Waals surface area contributed by atoms with Gasteiger partial charge in [0, 0.05) is 63.6 Å². The summed E-state index contributed by atoms with van der Waals surface area (Å²) >= 11 is 5.44. The molecular formula is C40H38ClN21O6. The molecule has 0 aliphatic carbocycles. The largest absolute Gasteiger partial charge is 0.400 e. The van der Waals surface area contributed by atoms with Gasteiger partial charge in [-0.25, -0.2) is 49.2 Å². The van der Waals surface area contributed by atoms with Crippen LogP contribution in [0.5, 0.6) is 0 Å². The number of H-pyrrole nitrogens is 1. The van der Waals surface area contributed by atoms with Gasteiger partial charge in [-0.15, -0.1) is 0 Å². The standard InChI is InChI=1S/C10H7N5O.C9H7N5O2.C9H9N5.C5H3ClN2O2.C4H5N3.C2H3N.CH4O/c16-10-14-7-5-11-3-1-8(7)15(10)9-2-4-12-6-13-9;15-14(16)8-5-10-3-1-7(8)13-9-2-4-11-6-12-9;10-7-5-11-3-1-8(7)14-9-2-4-12-6-13-9;6-4-1-2-7-3-5(4)8(9)10;5-4-1-2-6-3-7-4;1-2-3;1-2/h1-6H,(H,14,16);1-6H,(H,10,11,12,13);1-6H,10H2,(H,11,12,13,14);1-3H;1-3H,(H2,5,6,7);1H3;2H,1H3. The van der Waals surface area contributed by atoms with E-state index in [1.54, 1.807) is 92.0 Å². The fourth-order valence-corrected chi connectivity index (χ4v) is 4.74. The van der Waals surface area contributed by atoms with Crippen LogP contribution < -0.4 is 27.8 Å². The number of pyridine rings is 4. The first-order valence-corrected chi connectivity index (χ1v) is 19.1. The van der Waals surface area contributed by atoms with E-state index in [1.165, 1.54) is 67.5 Å². The van der Waals surface area contributed by atoms with Crippen molar-refractivity contribution in [3.05, 3.63) is 184 Å². The number of nitriles is 1. The van der Waals surface area contributed by atoms with Crippen molar-refractivity contribution in [2.75, 3.05) is 29.2 Å². The molecule has 0 saturated carbocycles. The number of hydrogen-bond acceptors (Lipinski definition) is 23. The molecule has 68 heavy (non-hydrogen) atoms. The van der Waals surface area contributed by atoms with Crippen LogP contribution in [0.15, 0.2) is 153 Å².